The van der Waals surface area contributed by atoms with Gasteiger partial charge >= 0.3 is 6.18 Å². The Morgan fingerprint density at radius 1 is 1.14 bits per heavy atom. The fourth-order valence-electron chi connectivity index (χ4n) is 2.04. The minimum atomic E-state index is -4.11. The van der Waals surface area contributed by atoms with E-state index in [1.54, 1.807) is 11.9 Å². The largest absolute Gasteiger partial charge is 0.390 e. The summed E-state index contributed by atoms with van der Waals surface area (Å²) in [5.74, 6) is 0. The molecule has 0 saturated carbocycles. The summed E-state index contributed by atoms with van der Waals surface area (Å²) >= 11 is 0. The number of nitrogens with one attached hydrogen (secondary N) is 1. The topological polar surface area (TPSA) is 15.3 Å². The van der Waals surface area contributed by atoms with Gasteiger partial charge in [0.1, 0.15) is 0 Å². The molecule has 0 fully saturated rings. The average molecular weight is 302 g/mol. The Hall–Kier alpha value is -1.23. The Labute approximate surface area is 125 Å². The molecule has 0 amide bonds. The van der Waals surface area contributed by atoms with Crippen LogP contribution >= 0.6 is 0 Å². The molecule has 1 N–H and O–H groups in total. The fraction of sp³-hybridized carbons (Fsp3) is 0.625. The molecular formula is C16H25F3N2. The lowest BCUT2D eigenvalue weighted by atomic mass is 10.1. The highest BCUT2D eigenvalue weighted by Gasteiger charge is 2.27. The van der Waals surface area contributed by atoms with Crippen LogP contribution < -0.4 is 10.2 Å². The molecule has 0 aliphatic rings. The van der Waals surface area contributed by atoms with Crippen molar-refractivity contribution in [3.05, 3.63) is 29.3 Å². The summed E-state index contributed by atoms with van der Waals surface area (Å²) in [4.78, 5) is 1.66. The van der Waals surface area contributed by atoms with E-state index in [2.05, 4.69) is 26.1 Å². The smallest absolute Gasteiger partial charge is 0.374 e. The molecule has 0 atom stereocenters. The van der Waals surface area contributed by atoms with Gasteiger partial charge in [0.15, 0.2) is 0 Å². The van der Waals surface area contributed by atoms with Crippen LogP contribution in [0, 0.1) is 6.92 Å². The molecule has 1 aromatic rings. The predicted octanol–water partition coefficient (Wildman–Crippen LogP) is 4.27. The standard InChI is InChI=1S/C16H25F3N2/c1-12-10-13(11-20-15(2,3)4)6-7-14(12)21(5)9-8-16(17,18)19/h6-7,10,20H,8-9,11H2,1-5H3. The second-order valence-corrected chi connectivity index (χ2v) is 6.51. The summed E-state index contributed by atoms with van der Waals surface area (Å²) in [6, 6.07) is 5.88. The molecule has 0 heterocycles. The SMILES string of the molecule is Cc1cc(CNC(C)(C)C)ccc1N(C)CCC(F)(F)F. The number of alkyl halides is 3. The third-order valence-electron chi connectivity index (χ3n) is 3.23. The van der Waals surface area contributed by atoms with Crippen LogP contribution in [0.15, 0.2) is 18.2 Å². The number of benzene rings is 1. The van der Waals surface area contributed by atoms with Crippen molar-refractivity contribution in [3.63, 3.8) is 0 Å². The van der Waals surface area contributed by atoms with Crippen LogP contribution in [-0.2, 0) is 6.54 Å². The lowest BCUT2D eigenvalue weighted by molar-refractivity contribution is -0.132. The molecule has 0 aliphatic carbocycles. The zero-order valence-electron chi connectivity index (χ0n) is 13.4. The van der Waals surface area contributed by atoms with Crippen LogP contribution in [0.1, 0.15) is 38.3 Å². The van der Waals surface area contributed by atoms with Gasteiger partial charge in [-0.15, -0.1) is 0 Å². The molecule has 21 heavy (non-hydrogen) atoms. The van der Waals surface area contributed by atoms with E-state index in [1.807, 2.05) is 25.1 Å². The molecule has 0 spiro atoms. The van der Waals surface area contributed by atoms with Gasteiger partial charge in [0, 0.05) is 31.4 Å². The van der Waals surface area contributed by atoms with E-state index in [-0.39, 0.29) is 12.1 Å². The monoisotopic (exact) mass is 302 g/mol. The Kier molecular flexibility index (Phi) is 5.68. The number of rotatable bonds is 5. The van der Waals surface area contributed by atoms with Crippen molar-refractivity contribution in [2.75, 3.05) is 18.5 Å². The first-order valence-corrected chi connectivity index (χ1v) is 7.10. The number of nitrogens with zero attached hydrogens (tertiary/aromatic N) is 1. The van der Waals surface area contributed by atoms with E-state index >= 15 is 0 Å². The zero-order chi connectivity index (χ0) is 16.3. The highest BCUT2D eigenvalue weighted by molar-refractivity contribution is 5.53. The van der Waals surface area contributed by atoms with Crippen LogP contribution in [0.4, 0.5) is 18.9 Å². The number of hydrogen-bond donors (Lipinski definition) is 1. The van der Waals surface area contributed by atoms with Gasteiger partial charge < -0.3 is 10.2 Å². The van der Waals surface area contributed by atoms with E-state index in [0.29, 0.717) is 0 Å². The average Bonchev–Trinajstić information content (AvgIpc) is 2.32. The second-order valence-electron chi connectivity index (χ2n) is 6.51. The van der Waals surface area contributed by atoms with Gasteiger partial charge in [-0.05, 0) is 44.9 Å². The molecule has 1 rings (SSSR count). The lowest BCUT2D eigenvalue weighted by Gasteiger charge is -2.24. The molecule has 2 nitrogen and oxygen atoms in total. The van der Waals surface area contributed by atoms with E-state index in [9.17, 15) is 13.2 Å². The highest BCUT2D eigenvalue weighted by atomic mass is 19.4. The Balaban J connectivity index is 2.69. The van der Waals surface area contributed by atoms with Crippen molar-refractivity contribution in [2.24, 2.45) is 0 Å². The molecule has 0 unspecified atom stereocenters. The molecule has 1 aromatic carbocycles. The lowest BCUT2D eigenvalue weighted by Crippen LogP contribution is -2.35. The maximum Gasteiger partial charge on any atom is 0.390 e. The van der Waals surface area contributed by atoms with Crippen LogP contribution in [0.5, 0.6) is 0 Å². The van der Waals surface area contributed by atoms with Crippen molar-refractivity contribution in [1.29, 1.82) is 0 Å². The van der Waals surface area contributed by atoms with Gasteiger partial charge in [-0.3, -0.25) is 0 Å². The molecule has 0 aromatic heterocycles. The second kappa shape index (κ2) is 6.69. The molecule has 0 aliphatic heterocycles. The summed E-state index contributed by atoms with van der Waals surface area (Å²) < 4.78 is 36.8. The quantitative estimate of drug-likeness (QED) is 0.873. The first-order valence-electron chi connectivity index (χ1n) is 7.10. The summed E-state index contributed by atoms with van der Waals surface area (Å²) in [7, 11) is 1.70. The molecule has 5 heteroatoms. The van der Waals surface area contributed by atoms with Gasteiger partial charge in [-0.25, -0.2) is 0 Å². The molecule has 120 valence electrons. The molecule has 0 bridgehead atoms. The third kappa shape index (κ3) is 6.85. The maximum absolute atomic E-state index is 12.3. The summed E-state index contributed by atoms with van der Waals surface area (Å²) in [5.41, 5.74) is 3.01. The van der Waals surface area contributed by atoms with Crippen LogP contribution in [-0.4, -0.2) is 25.3 Å². The maximum atomic E-state index is 12.3. The van der Waals surface area contributed by atoms with Crippen LogP contribution in [0.25, 0.3) is 0 Å². The van der Waals surface area contributed by atoms with Crippen LogP contribution in [0.2, 0.25) is 0 Å². The Bertz CT molecular complexity index is 462. The van der Waals surface area contributed by atoms with E-state index in [0.717, 1.165) is 23.4 Å². The van der Waals surface area contributed by atoms with Gasteiger partial charge in [-0.2, -0.15) is 13.2 Å². The normalized spacial score (nSPS) is 12.6. The number of anilines is 1. The number of aryl methyl sites for hydroxylation is 1. The van der Waals surface area contributed by atoms with E-state index in [4.69, 9.17) is 0 Å². The number of hydrogen-bond acceptors (Lipinski definition) is 2. The number of halogens is 3. The van der Waals surface area contributed by atoms with Crippen molar-refractivity contribution >= 4 is 5.69 Å². The predicted molar refractivity (Wildman–Crippen MR) is 81.7 cm³/mol. The van der Waals surface area contributed by atoms with E-state index in [1.165, 1.54) is 0 Å². The molecule has 0 radical (unpaired) electrons. The van der Waals surface area contributed by atoms with Gasteiger partial charge in [-0.1, -0.05) is 12.1 Å². The summed E-state index contributed by atoms with van der Waals surface area (Å²) in [5, 5.41) is 3.40. The van der Waals surface area contributed by atoms with Crippen molar-refractivity contribution in [2.45, 2.75) is 52.4 Å². The highest BCUT2D eigenvalue weighted by Crippen LogP contribution is 2.24. The van der Waals surface area contributed by atoms with Gasteiger partial charge in [0.2, 0.25) is 0 Å². The minimum absolute atomic E-state index is 0.0239. The van der Waals surface area contributed by atoms with Crippen molar-refractivity contribution < 1.29 is 13.2 Å². The first-order chi connectivity index (χ1) is 9.48. The van der Waals surface area contributed by atoms with Gasteiger partial charge in [0.05, 0.1) is 6.42 Å². The third-order valence-corrected chi connectivity index (χ3v) is 3.23. The summed E-state index contributed by atoms with van der Waals surface area (Å²) in [6.45, 7) is 8.94. The zero-order valence-corrected chi connectivity index (χ0v) is 13.4. The molecular weight excluding hydrogens is 277 g/mol. The van der Waals surface area contributed by atoms with Gasteiger partial charge in [0.25, 0.3) is 0 Å². The minimum Gasteiger partial charge on any atom is -0.374 e. The van der Waals surface area contributed by atoms with Crippen LogP contribution in [0.3, 0.4) is 0 Å². The van der Waals surface area contributed by atoms with Crippen molar-refractivity contribution in [1.82, 2.24) is 5.32 Å². The van der Waals surface area contributed by atoms with Crippen molar-refractivity contribution in [3.8, 4) is 0 Å². The summed E-state index contributed by atoms with van der Waals surface area (Å²) in [6.07, 6.45) is -4.91. The Morgan fingerprint density at radius 2 is 1.76 bits per heavy atom. The fourth-order valence-corrected chi connectivity index (χ4v) is 2.04. The first kappa shape index (κ1) is 17.8. The Morgan fingerprint density at radius 3 is 2.24 bits per heavy atom. The molecule has 0 saturated heterocycles. The van der Waals surface area contributed by atoms with E-state index < -0.39 is 12.6 Å².